The van der Waals surface area contributed by atoms with E-state index in [0.717, 1.165) is 16.6 Å². The Labute approximate surface area is 175 Å². The van der Waals surface area contributed by atoms with Gasteiger partial charge in [-0.25, -0.2) is 8.42 Å². The number of aryl methyl sites for hydroxylation is 3. The van der Waals surface area contributed by atoms with Gasteiger partial charge in [-0.15, -0.1) is 0 Å². The second-order valence-corrected chi connectivity index (χ2v) is 9.43. The van der Waals surface area contributed by atoms with Crippen molar-refractivity contribution in [2.45, 2.75) is 38.0 Å². The number of hydrogen-bond acceptors (Lipinski definition) is 5. The molecule has 1 amide bonds. The van der Waals surface area contributed by atoms with Gasteiger partial charge in [-0.1, -0.05) is 18.2 Å². The minimum atomic E-state index is -3.35. The van der Waals surface area contributed by atoms with E-state index in [1.54, 1.807) is 42.1 Å². The zero-order valence-corrected chi connectivity index (χ0v) is 18.2. The Balaban J connectivity index is 1.54. The second kappa shape index (κ2) is 8.83. The first-order chi connectivity index (χ1) is 14.2. The fraction of sp³-hybridized carbons (Fsp3) is 0.381. The molecule has 0 radical (unpaired) electrons. The number of amides is 1. The summed E-state index contributed by atoms with van der Waals surface area (Å²) in [5.74, 6) is -0.249. The fourth-order valence-corrected chi connectivity index (χ4v) is 4.95. The number of carbonyl (C=O) groups is 1. The lowest BCUT2D eigenvalue weighted by atomic mass is 10.0. The van der Waals surface area contributed by atoms with Gasteiger partial charge in [0.2, 0.25) is 5.91 Å². The van der Waals surface area contributed by atoms with Gasteiger partial charge in [0.15, 0.2) is 9.84 Å². The monoisotopic (exact) mass is 430 g/mol. The number of nitrogens with zero attached hydrogens (tertiary/aromatic N) is 2. The average molecular weight is 431 g/mol. The van der Waals surface area contributed by atoms with Crippen LogP contribution in [0.4, 0.5) is 0 Å². The van der Waals surface area contributed by atoms with E-state index in [-0.39, 0.29) is 35.1 Å². The first-order valence-corrected chi connectivity index (χ1v) is 11.5. The van der Waals surface area contributed by atoms with E-state index < -0.39 is 9.84 Å². The van der Waals surface area contributed by atoms with Gasteiger partial charge < -0.3 is 10.3 Å². The van der Waals surface area contributed by atoms with E-state index >= 15 is 0 Å². The molecule has 160 valence electrons. The van der Waals surface area contributed by atoms with E-state index in [1.165, 1.54) is 0 Å². The van der Waals surface area contributed by atoms with Crippen LogP contribution in [0.3, 0.4) is 0 Å². The molecular formula is C21H26N4O4S. The van der Waals surface area contributed by atoms with Crippen LogP contribution in [0.5, 0.6) is 0 Å². The summed E-state index contributed by atoms with van der Waals surface area (Å²) in [6.45, 7) is 4.02. The number of rotatable bonds is 8. The topological polar surface area (TPSA) is 114 Å². The number of nitrogens with one attached hydrogen (secondary N) is 2. The maximum Gasteiger partial charge on any atom is 0.253 e. The Kier molecular flexibility index (Phi) is 6.40. The van der Waals surface area contributed by atoms with Crippen LogP contribution in [-0.2, 0) is 28.1 Å². The Bertz CT molecular complexity index is 1230. The van der Waals surface area contributed by atoms with Crippen molar-refractivity contribution in [2.24, 2.45) is 7.05 Å². The van der Waals surface area contributed by atoms with Crippen LogP contribution in [0.15, 0.2) is 40.0 Å². The first-order valence-electron chi connectivity index (χ1n) is 9.80. The SMILES string of the molecule is Cc1nn(C)c2[nH]c(=O)c(CCC(=O)NCCCS(=O)(=O)c3ccccc3)c(C)c12. The van der Waals surface area contributed by atoms with Gasteiger partial charge in [-0.2, -0.15) is 5.10 Å². The van der Waals surface area contributed by atoms with Crippen molar-refractivity contribution in [3.8, 4) is 0 Å². The maximum absolute atomic E-state index is 12.4. The summed E-state index contributed by atoms with van der Waals surface area (Å²) in [7, 11) is -1.58. The molecule has 1 aromatic carbocycles. The van der Waals surface area contributed by atoms with E-state index in [0.29, 0.717) is 24.1 Å². The zero-order chi connectivity index (χ0) is 21.9. The van der Waals surface area contributed by atoms with E-state index in [1.807, 2.05) is 13.8 Å². The largest absolute Gasteiger partial charge is 0.356 e. The zero-order valence-electron chi connectivity index (χ0n) is 17.4. The molecule has 9 heteroatoms. The molecule has 2 aromatic heterocycles. The number of hydrogen-bond donors (Lipinski definition) is 2. The highest BCUT2D eigenvalue weighted by molar-refractivity contribution is 7.91. The van der Waals surface area contributed by atoms with E-state index in [4.69, 9.17) is 0 Å². The summed E-state index contributed by atoms with van der Waals surface area (Å²) in [4.78, 5) is 27.7. The molecule has 30 heavy (non-hydrogen) atoms. The highest BCUT2D eigenvalue weighted by Crippen LogP contribution is 2.21. The molecule has 0 fully saturated rings. The van der Waals surface area contributed by atoms with Gasteiger partial charge in [-0.3, -0.25) is 14.3 Å². The number of aromatic nitrogens is 3. The molecule has 0 saturated carbocycles. The van der Waals surface area contributed by atoms with Gasteiger partial charge >= 0.3 is 0 Å². The normalized spacial score (nSPS) is 11.7. The number of sulfone groups is 1. The predicted molar refractivity (Wildman–Crippen MR) is 115 cm³/mol. The minimum absolute atomic E-state index is 0.0347. The maximum atomic E-state index is 12.4. The van der Waals surface area contributed by atoms with Crippen molar-refractivity contribution in [1.29, 1.82) is 0 Å². The van der Waals surface area contributed by atoms with Gasteiger partial charge in [0.05, 0.1) is 16.3 Å². The summed E-state index contributed by atoms with van der Waals surface area (Å²) >= 11 is 0. The van der Waals surface area contributed by atoms with Crippen LogP contribution in [0.1, 0.15) is 29.7 Å². The molecule has 0 spiro atoms. The van der Waals surface area contributed by atoms with Crippen LogP contribution in [0.2, 0.25) is 0 Å². The van der Waals surface area contributed by atoms with Crippen LogP contribution < -0.4 is 10.9 Å². The standard InChI is InChI=1S/C21H26N4O4S/c1-14-17(21(27)23-20-19(14)15(2)24-25(20)3)10-11-18(26)22-12-7-13-30(28,29)16-8-5-4-6-9-16/h4-6,8-9H,7,10-13H2,1-3H3,(H,22,26)(H,23,27). The number of fused-ring (bicyclic) bond motifs is 1. The first kappa shape index (κ1) is 21.8. The number of pyridine rings is 1. The Morgan fingerprint density at radius 3 is 2.60 bits per heavy atom. The third-order valence-electron chi connectivity index (χ3n) is 5.17. The molecule has 3 rings (SSSR count). The number of H-pyrrole nitrogens is 1. The quantitative estimate of drug-likeness (QED) is 0.529. The third-order valence-corrected chi connectivity index (χ3v) is 6.99. The molecule has 0 aliphatic carbocycles. The van der Waals surface area contributed by atoms with Crippen LogP contribution in [-0.4, -0.2) is 41.4 Å². The summed E-state index contributed by atoms with van der Waals surface area (Å²) < 4.78 is 26.1. The molecule has 0 unspecified atom stereocenters. The number of benzene rings is 1. The van der Waals surface area contributed by atoms with Crippen molar-refractivity contribution in [2.75, 3.05) is 12.3 Å². The van der Waals surface area contributed by atoms with E-state index in [9.17, 15) is 18.0 Å². The minimum Gasteiger partial charge on any atom is -0.356 e. The fourth-order valence-electron chi connectivity index (χ4n) is 3.62. The smallest absolute Gasteiger partial charge is 0.253 e. The summed E-state index contributed by atoms with van der Waals surface area (Å²) in [6.07, 6.45) is 0.781. The molecule has 8 nitrogen and oxygen atoms in total. The molecule has 0 aliphatic rings. The van der Waals surface area contributed by atoms with Gasteiger partial charge in [0, 0.05) is 31.0 Å². The molecule has 0 aliphatic heterocycles. The molecule has 3 aromatic rings. The highest BCUT2D eigenvalue weighted by atomic mass is 32.2. The van der Waals surface area contributed by atoms with Crippen LogP contribution in [0.25, 0.3) is 11.0 Å². The van der Waals surface area contributed by atoms with E-state index in [2.05, 4.69) is 15.4 Å². The van der Waals surface area contributed by atoms with Crippen molar-refractivity contribution in [3.63, 3.8) is 0 Å². The lowest BCUT2D eigenvalue weighted by Crippen LogP contribution is -2.27. The third kappa shape index (κ3) is 4.62. The average Bonchev–Trinajstić information content (AvgIpc) is 2.99. The summed E-state index contributed by atoms with van der Waals surface area (Å²) in [5.41, 5.74) is 2.68. The summed E-state index contributed by atoms with van der Waals surface area (Å²) in [6, 6.07) is 8.26. The molecule has 2 heterocycles. The Hall–Kier alpha value is -2.94. The Morgan fingerprint density at radius 2 is 1.90 bits per heavy atom. The highest BCUT2D eigenvalue weighted by Gasteiger charge is 2.16. The van der Waals surface area contributed by atoms with Gasteiger partial charge in [0.25, 0.3) is 5.56 Å². The van der Waals surface area contributed by atoms with Crippen molar-refractivity contribution >= 4 is 26.8 Å². The van der Waals surface area contributed by atoms with Crippen molar-refractivity contribution in [3.05, 3.63) is 57.5 Å². The predicted octanol–water partition coefficient (Wildman–Crippen LogP) is 1.79. The van der Waals surface area contributed by atoms with Crippen molar-refractivity contribution in [1.82, 2.24) is 20.1 Å². The molecular weight excluding hydrogens is 404 g/mol. The van der Waals surface area contributed by atoms with Crippen LogP contribution in [0, 0.1) is 13.8 Å². The van der Waals surface area contributed by atoms with Gasteiger partial charge in [0.1, 0.15) is 5.65 Å². The summed E-state index contributed by atoms with van der Waals surface area (Å²) in [5, 5.41) is 7.98. The Morgan fingerprint density at radius 1 is 1.20 bits per heavy atom. The number of aromatic amines is 1. The second-order valence-electron chi connectivity index (χ2n) is 7.33. The molecule has 0 atom stereocenters. The van der Waals surface area contributed by atoms with Crippen LogP contribution >= 0.6 is 0 Å². The number of carbonyl (C=O) groups excluding carboxylic acids is 1. The molecule has 0 bridgehead atoms. The molecule has 0 saturated heterocycles. The van der Waals surface area contributed by atoms with Gasteiger partial charge in [-0.05, 0) is 44.4 Å². The lowest BCUT2D eigenvalue weighted by molar-refractivity contribution is -0.121. The lowest BCUT2D eigenvalue weighted by Gasteiger charge is -2.08. The van der Waals surface area contributed by atoms with Crippen molar-refractivity contribution < 1.29 is 13.2 Å². The molecule has 2 N–H and O–H groups in total.